The number of carbonyl (C=O) groups excluding carboxylic acids is 1. The first-order valence-electron chi connectivity index (χ1n) is 12.4. The van der Waals surface area contributed by atoms with Crippen molar-refractivity contribution in [2.45, 2.75) is 51.2 Å². The number of rotatable bonds is 10. The maximum Gasteiger partial charge on any atom is 0.321 e. The number of H-pyrrole nitrogens is 1. The summed E-state index contributed by atoms with van der Waals surface area (Å²) in [5.74, 6) is 0.323. The predicted molar refractivity (Wildman–Crippen MR) is 138 cm³/mol. The molecule has 1 aliphatic heterocycles. The number of aromatic nitrogens is 4. The summed E-state index contributed by atoms with van der Waals surface area (Å²) in [4.78, 5) is 28.6. The lowest BCUT2D eigenvalue weighted by atomic mass is 9.86. The number of benzene rings is 1. The lowest BCUT2D eigenvalue weighted by molar-refractivity contribution is 0.00484. The summed E-state index contributed by atoms with van der Waals surface area (Å²) in [7, 11) is 1.61. The smallest absolute Gasteiger partial charge is 0.321 e. The molecule has 2 amide bonds. The van der Waals surface area contributed by atoms with Gasteiger partial charge in [-0.05, 0) is 32.8 Å². The van der Waals surface area contributed by atoms with Gasteiger partial charge in [-0.1, -0.05) is 13.8 Å². The fraction of sp³-hybridized carbons (Fsp3) is 0.500. The Bertz CT molecular complexity index is 1220. The van der Waals surface area contributed by atoms with Gasteiger partial charge in [-0.2, -0.15) is 0 Å². The molecule has 1 saturated heterocycles. The number of fused-ring (bicyclic) bond motifs is 1. The standard InChI is InChI=1S/C26H34FN6O4/c1-6-28-25(34)33-24-31-18-12-17(21(27)20(22(18)32-24)19-8-7-9-37-19)16-13-29-23(30-14-16)26(3,4)15(2)36-11-10-35-5/h12-15,19H,2,6-11H2,1,3-5H3,(H3,28,31,32,33,34). The van der Waals surface area contributed by atoms with Crippen molar-refractivity contribution in [2.24, 2.45) is 0 Å². The van der Waals surface area contributed by atoms with E-state index in [0.717, 1.165) is 6.42 Å². The Labute approximate surface area is 215 Å². The largest absolute Gasteiger partial charge is 0.382 e. The summed E-state index contributed by atoms with van der Waals surface area (Å²) in [6.07, 6.45) is 3.87. The molecule has 2 unspecified atom stereocenters. The Morgan fingerprint density at radius 2 is 2.11 bits per heavy atom. The van der Waals surface area contributed by atoms with Gasteiger partial charge in [0.25, 0.3) is 0 Å². The van der Waals surface area contributed by atoms with Crippen LogP contribution in [0.2, 0.25) is 0 Å². The molecule has 0 aliphatic carbocycles. The van der Waals surface area contributed by atoms with Crippen molar-refractivity contribution in [1.82, 2.24) is 25.3 Å². The van der Waals surface area contributed by atoms with E-state index in [2.05, 4.69) is 37.5 Å². The number of hydrogen-bond acceptors (Lipinski definition) is 7. The number of amides is 2. The van der Waals surface area contributed by atoms with Crippen molar-refractivity contribution in [2.75, 3.05) is 38.8 Å². The number of ether oxygens (including phenoxy) is 3. The molecule has 2 atom stereocenters. The fourth-order valence-corrected chi connectivity index (χ4v) is 4.27. The van der Waals surface area contributed by atoms with Crippen LogP contribution in [0.15, 0.2) is 18.5 Å². The van der Waals surface area contributed by atoms with E-state index in [4.69, 9.17) is 14.2 Å². The highest BCUT2D eigenvalue weighted by molar-refractivity contribution is 5.92. The number of nitrogens with one attached hydrogen (secondary N) is 3. The SMILES string of the molecule is [CH2]C(OCCOC)C(C)(C)c1ncc(-c2cc3nc(NC(=O)NCC)[nH]c3c(C3CCCO3)c2F)cn1. The zero-order valence-electron chi connectivity index (χ0n) is 21.7. The lowest BCUT2D eigenvalue weighted by Crippen LogP contribution is -2.36. The van der Waals surface area contributed by atoms with E-state index in [1.165, 1.54) is 0 Å². The molecule has 0 bridgehead atoms. The van der Waals surface area contributed by atoms with Gasteiger partial charge in [0.15, 0.2) is 0 Å². The molecule has 0 saturated carbocycles. The Kier molecular flexibility index (Phi) is 8.35. The minimum absolute atomic E-state index is 0.222. The lowest BCUT2D eigenvalue weighted by Gasteiger charge is -2.30. The molecule has 11 heteroatoms. The molecule has 4 rings (SSSR count). The Balaban J connectivity index is 1.69. The number of carbonyl (C=O) groups is 1. The number of halogens is 1. The van der Waals surface area contributed by atoms with Gasteiger partial charge in [-0.3, -0.25) is 5.32 Å². The van der Waals surface area contributed by atoms with Crippen LogP contribution < -0.4 is 10.6 Å². The van der Waals surface area contributed by atoms with Gasteiger partial charge >= 0.3 is 6.03 Å². The maximum absolute atomic E-state index is 16.0. The van der Waals surface area contributed by atoms with Gasteiger partial charge in [0.1, 0.15) is 11.6 Å². The number of imidazole rings is 1. The molecular formula is C26H34FN6O4. The summed E-state index contributed by atoms with van der Waals surface area (Å²) in [6, 6.07) is 1.23. The molecule has 3 N–H and O–H groups in total. The number of urea groups is 1. The van der Waals surface area contributed by atoms with Crippen molar-refractivity contribution in [3.05, 3.63) is 42.6 Å². The molecule has 2 aromatic heterocycles. The number of methoxy groups -OCH3 is 1. The Morgan fingerprint density at radius 3 is 2.76 bits per heavy atom. The summed E-state index contributed by atoms with van der Waals surface area (Å²) < 4.78 is 32.7. The average Bonchev–Trinajstić information content (AvgIpc) is 3.54. The third-order valence-corrected chi connectivity index (χ3v) is 6.53. The molecule has 3 aromatic rings. The Morgan fingerprint density at radius 1 is 1.35 bits per heavy atom. The minimum atomic E-state index is -0.584. The van der Waals surface area contributed by atoms with Crippen molar-refractivity contribution in [1.29, 1.82) is 0 Å². The molecule has 1 radical (unpaired) electrons. The average molecular weight is 514 g/mol. The summed E-state index contributed by atoms with van der Waals surface area (Å²) in [5, 5.41) is 5.30. The van der Waals surface area contributed by atoms with Gasteiger partial charge in [0.2, 0.25) is 5.95 Å². The third-order valence-electron chi connectivity index (χ3n) is 6.53. The zero-order valence-corrected chi connectivity index (χ0v) is 21.7. The normalized spacial score (nSPS) is 16.8. The first kappa shape index (κ1) is 26.9. The van der Waals surface area contributed by atoms with Crippen LogP contribution in [-0.2, 0) is 19.6 Å². The second-order valence-electron chi connectivity index (χ2n) is 9.49. The number of anilines is 1. The van der Waals surface area contributed by atoms with E-state index in [1.54, 1.807) is 25.6 Å². The summed E-state index contributed by atoms with van der Waals surface area (Å²) in [5.41, 5.74) is 1.60. The van der Waals surface area contributed by atoms with E-state index in [9.17, 15) is 4.79 Å². The highest BCUT2D eigenvalue weighted by Crippen LogP contribution is 2.39. The van der Waals surface area contributed by atoms with Crippen molar-refractivity contribution in [3.8, 4) is 11.1 Å². The second-order valence-corrected chi connectivity index (χ2v) is 9.49. The second kappa shape index (κ2) is 11.5. The molecule has 0 spiro atoms. The molecule has 1 aromatic carbocycles. The molecule has 3 heterocycles. The molecule has 37 heavy (non-hydrogen) atoms. The van der Waals surface area contributed by atoms with E-state index >= 15 is 4.39 Å². The molecule has 199 valence electrons. The predicted octanol–water partition coefficient (Wildman–Crippen LogP) is 4.30. The van der Waals surface area contributed by atoms with Crippen LogP contribution in [0.25, 0.3) is 22.2 Å². The first-order valence-corrected chi connectivity index (χ1v) is 12.4. The Hall–Kier alpha value is -3.15. The topological polar surface area (TPSA) is 123 Å². The van der Waals surface area contributed by atoms with Crippen molar-refractivity contribution in [3.63, 3.8) is 0 Å². The highest BCUT2D eigenvalue weighted by Gasteiger charge is 2.32. The van der Waals surface area contributed by atoms with E-state index in [0.29, 0.717) is 66.3 Å². The summed E-state index contributed by atoms with van der Waals surface area (Å²) >= 11 is 0. The number of hydrogen-bond donors (Lipinski definition) is 3. The molecule has 1 fully saturated rings. The number of aromatic amines is 1. The molecule has 1 aliphatic rings. The van der Waals surface area contributed by atoms with Crippen LogP contribution in [0.1, 0.15) is 51.1 Å². The maximum atomic E-state index is 16.0. The van der Waals surface area contributed by atoms with E-state index in [-0.39, 0.29) is 5.95 Å². The molecular weight excluding hydrogens is 479 g/mol. The van der Waals surface area contributed by atoms with Crippen LogP contribution in [-0.4, -0.2) is 65.5 Å². The van der Waals surface area contributed by atoms with Gasteiger partial charge in [-0.15, -0.1) is 0 Å². The van der Waals surface area contributed by atoms with Crippen molar-refractivity contribution >= 4 is 23.0 Å². The van der Waals surface area contributed by atoms with Gasteiger partial charge < -0.3 is 24.5 Å². The van der Waals surface area contributed by atoms with Crippen LogP contribution in [0.5, 0.6) is 0 Å². The first-order chi connectivity index (χ1) is 17.8. The zero-order chi connectivity index (χ0) is 26.6. The van der Waals surface area contributed by atoms with Crippen LogP contribution in [0.3, 0.4) is 0 Å². The third kappa shape index (κ3) is 5.73. The quantitative estimate of drug-likeness (QED) is 0.346. The highest BCUT2D eigenvalue weighted by atomic mass is 19.1. The van der Waals surface area contributed by atoms with Gasteiger partial charge in [0, 0.05) is 49.3 Å². The van der Waals surface area contributed by atoms with Gasteiger partial charge in [-0.25, -0.2) is 24.1 Å². The van der Waals surface area contributed by atoms with E-state index in [1.807, 2.05) is 20.8 Å². The fourth-order valence-electron chi connectivity index (χ4n) is 4.27. The van der Waals surface area contributed by atoms with Crippen molar-refractivity contribution < 1.29 is 23.4 Å². The minimum Gasteiger partial charge on any atom is -0.382 e. The van der Waals surface area contributed by atoms with Gasteiger partial charge in [0.05, 0.1) is 41.9 Å². The number of nitrogens with zero attached hydrogens (tertiary/aromatic N) is 3. The molecule has 10 nitrogen and oxygen atoms in total. The van der Waals surface area contributed by atoms with Crippen LogP contribution in [0.4, 0.5) is 15.1 Å². The van der Waals surface area contributed by atoms with E-state index < -0.39 is 29.5 Å². The monoisotopic (exact) mass is 513 g/mol. The summed E-state index contributed by atoms with van der Waals surface area (Å²) in [6.45, 7) is 11.7. The van der Waals surface area contributed by atoms with Crippen LogP contribution in [0, 0.1) is 12.7 Å². The van der Waals surface area contributed by atoms with Crippen LogP contribution >= 0.6 is 0 Å².